The van der Waals surface area contributed by atoms with Gasteiger partial charge < -0.3 is 15.4 Å². The topological polar surface area (TPSA) is 89.3 Å². The van der Waals surface area contributed by atoms with E-state index in [1.165, 1.54) is 6.42 Å². The molecule has 1 unspecified atom stereocenters. The van der Waals surface area contributed by atoms with Gasteiger partial charge in [-0.25, -0.2) is 14.5 Å². The van der Waals surface area contributed by atoms with Crippen LogP contribution in [0.15, 0.2) is 31.0 Å². The van der Waals surface area contributed by atoms with E-state index in [9.17, 15) is 0 Å². The third-order valence-corrected chi connectivity index (χ3v) is 4.23. The van der Waals surface area contributed by atoms with Crippen molar-refractivity contribution >= 4 is 11.3 Å². The number of piperidine rings is 1. The average Bonchev–Trinajstić information content (AvgIpc) is 3.06. The lowest BCUT2D eigenvalue weighted by Crippen LogP contribution is -2.38. The van der Waals surface area contributed by atoms with Gasteiger partial charge in [0, 0.05) is 18.2 Å². The first-order chi connectivity index (χ1) is 12.3. The Bertz CT molecular complexity index is 857. The van der Waals surface area contributed by atoms with Crippen molar-refractivity contribution < 1.29 is 4.74 Å². The van der Waals surface area contributed by atoms with E-state index < -0.39 is 0 Å². The molecular formula is C17H21N7O. The van der Waals surface area contributed by atoms with E-state index >= 15 is 0 Å². The zero-order valence-electron chi connectivity index (χ0n) is 14.1. The molecule has 25 heavy (non-hydrogen) atoms. The molecule has 1 saturated heterocycles. The molecule has 2 N–H and O–H groups in total. The molecule has 0 spiro atoms. The van der Waals surface area contributed by atoms with Crippen LogP contribution in [0.5, 0.6) is 5.88 Å². The predicted molar refractivity (Wildman–Crippen MR) is 94.7 cm³/mol. The maximum Gasteiger partial charge on any atom is 0.232 e. The normalized spacial score (nSPS) is 17.6. The fourth-order valence-electron chi connectivity index (χ4n) is 3.04. The molecule has 3 aromatic heterocycles. The predicted octanol–water partition coefficient (Wildman–Crippen LogP) is 1.75. The summed E-state index contributed by atoms with van der Waals surface area (Å²) in [6.07, 6.45) is 11.1. The highest BCUT2D eigenvalue weighted by molar-refractivity contribution is 5.77. The van der Waals surface area contributed by atoms with Crippen LogP contribution in [0.4, 0.5) is 5.82 Å². The van der Waals surface area contributed by atoms with Gasteiger partial charge in [-0.15, -0.1) is 0 Å². The van der Waals surface area contributed by atoms with Crippen molar-refractivity contribution in [1.29, 1.82) is 0 Å². The standard InChI is InChI=1S/C17H21N7O/c1-2-25-17-11-24-15(9-20-17)13(7-21-24)14-8-19-10-16(23-14)22-12-4-3-5-18-6-12/h7-12,18H,2-6H2,1H3,(H,22,23). The molecule has 0 radical (unpaired) electrons. The molecular weight excluding hydrogens is 318 g/mol. The fourth-order valence-corrected chi connectivity index (χ4v) is 3.04. The minimum Gasteiger partial charge on any atom is -0.477 e. The summed E-state index contributed by atoms with van der Waals surface area (Å²) in [7, 11) is 0. The molecule has 1 aliphatic rings. The highest BCUT2D eigenvalue weighted by Gasteiger charge is 2.15. The van der Waals surface area contributed by atoms with Crippen LogP contribution in [-0.2, 0) is 0 Å². The van der Waals surface area contributed by atoms with E-state index in [1.807, 2.05) is 6.92 Å². The van der Waals surface area contributed by atoms with Gasteiger partial charge in [0.2, 0.25) is 5.88 Å². The molecule has 0 bridgehead atoms. The number of hydrogen-bond donors (Lipinski definition) is 2. The number of fused-ring (bicyclic) bond motifs is 1. The summed E-state index contributed by atoms with van der Waals surface area (Å²) in [5.74, 6) is 1.33. The Morgan fingerprint density at radius 2 is 2.28 bits per heavy atom. The van der Waals surface area contributed by atoms with Gasteiger partial charge >= 0.3 is 0 Å². The molecule has 8 heteroatoms. The van der Waals surface area contributed by atoms with Crippen LogP contribution in [0, 0.1) is 0 Å². The van der Waals surface area contributed by atoms with Gasteiger partial charge in [-0.1, -0.05) is 0 Å². The monoisotopic (exact) mass is 339 g/mol. The Morgan fingerprint density at radius 1 is 1.32 bits per heavy atom. The first-order valence-electron chi connectivity index (χ1n) is 8.59. The van der Waals surface area contributed by atoms with Gasteiger partial charge in [0.15, 0.2) is 0 Å². The molecule has 1 aliphatic heterocycles. The highest BCUT2D eigenvalue weighted by atomic mass is 16.5. The molecule has 1 fully saturated rings. The number of aromatic nitrogens is 5. The van der Waals surface area contributed by atoms with Crippen LogP contribution in [0.2, 0.25) is 0 Å². The van der Waals surface area contributed by atoms with Gasteiger partial charge in [0.1, 0.15) is 5.82 Å². The Kier molecular flexibility index (Phi) is 4.43. The number of hydrogen-bond acceptors (Lipinski definition) is 7. The van der Waals surface area contributed by atoms with Crippen molar-refractivity contribution in [3.8, 4) is 17.1 Å². The first kappa shape index (κ1) is 15.8. The van der Waals surface area contributed by atoms with Gasteiger partial charge in [-0.2, -0.15) is 5.10 Å². The maximum absolute atomic E-state index is 5.42. The SMILES string of the molecule is CCOc1cn2ncc(-c3cncc(NC4CCCNC4)n3)c2cn1. The number of anilines is 1. The maximum atomic E-state index is 5.42. The van der Waals surface area contributed by atoms with Crippen molar-refractivity contribution in [2.24, 2.45) is 0 Å². The molecule has 0 saturated carbocycles. The zero-order chi connectivity index (χ0) is 17.1. The Morgan fingerprint density at radius 3 is 3.12 bits per heavy atom. The van der Waals surface area contributed by atoms with Crippen LogP contribution in [0.3, 0.4) is 0 Å². The Hall–Kier alpha value is -2.74. The van der Waals surface area contributed by atoms with Crippen molar-refractivity contribution in [1.82, 2.24) is 29.9 Å². The molecule has 4 heterocycles. The number of rotatable bonds is 5. The van der Waals surface area contributed by atoms with Crippen LogP contribution < -0.4 is 15.4 Å². The summed E-state index contributed by atoms with van der Waals surface area (Å²) in [5, 5.41) is 11.2. The molecule has 8 nitrogen and oxygen atoms in total. The number of nitrogens with one attached hydrogen (secondary N) is 2. The second-order valence-corrected chi connectivity index (χ2v) is 6.02. The summed E-state index contributed by atoms with van der Waals surface area (Å²) >= 11 is 0. The van der Waals surface area contributed by atoms with E-state index in [0.29, 0.717) is 18.5 Å². The second-order valence-electron chi connectivity index (χ2n) is 6.02. The smallest absolute Gasteiger partial charge is 0.232 e. The molecule has 0 aromatic carbocycles. The lowest BCUT2D eigenvalue weighted by Gasteiger charge is -2.24. The Labute approximate surface area is 145 Å². The van der Waals surface area contributed by atoms with E-state index in [-0.39, 0.29) is 0 Å². The summed E-state index contributed by atoms with van der Waals surface area (Å²) in [5.41, 5.74) is 2.54. The van der Waals surface area contributed by atoms with E-state index in [4.69, 9.17) is 9.72 Å². The molecule has 130 valence electrons. The molecule has 3 aromatic rings. The van der Waals surface area contributed by atoms with Crippen molar-refractivity contribution in [2.75, 3.05) is 25.0 Å². The van der Waals surface area contributed by atoms with E-state index in [1.54, 1.807) is 35.5 Å². The molecule has 1 atom stereocenters. The van der Waals surface area contributed by atoms with Crippen LogP contribution in [0.1, 0.15) is 19.8 Å². The lowest BCUT2D eigenvalue weighted by molar-refractivity contribution is 0.324. The minimum atomic E-state index is 0.387. The zero-order valence-corrected chi connectivity index (χ0v) is 14.1. The van der Waals surface area contributed by atoms with Crippen molar-refractivity contribution in [3.05, 3.63) is 31.0 Å². The van der Waals surface area contributed by atoms with Gasteiger partial charge in [-0.05, 0) is 26.3 Å². The highest BCUT2D eigenvalue weighted by Crippen LogP contribution is 2.24. The summed E-state index contributed by atoms with van der Waals surface area (Å²) in [6.45, 7) is 4.54. The second kappa shape index (κ2) is 7.02. The number of ether oxygens (including phenoxy) is 1. The average molecular weight is 339 g/mol. The third kappa shape index (κ3) is 3.39. The van der Waals surface area contributed by atoms with Gasteiger partial charge in [0.05, 0.1) is 48.8 Å². The first-order valence-corrected chi connectivity index (χ1v) is 8.59. The third-order valence-electron chi connectivity index (χ3n) is 4.23. The minimum absolute atomic E-state index is 0.387. The summed E-state index contributed by atoms with van der Waals surface area (Å²) in [6, 6.07) is 0.387. The van der Waals surface area contributed by atoms with Gasteiger partial charge in [0.25, 0.3) is 0 Å². The van der Waals surface area contributed by atoms with Crippen LogP contribution >= 0.6 is 0 Å². The molecule has 0 aliphatic carbocycles. The summed E-state index contributed by atoms with van der Waals surface area (Å²) < 4.78 is 7.17. The quantitative estimate of drug-likeness (QED) is 0.732. The van der Waals surface area contributed by atoms with Crippen molar-refractivity contribution in [2.45, 2.75) is 25.8 Å². The lowest BCUT2D eigenvalue weighted by atomic mass is 10.1. The Balaban J connectivity index is 1.61. The van der Waals surface area contributed by atoms with Crippen LogP contribution in [-0.4, -0.2) is 50.3 Å². The molecule has 4 rings (SSSR count). The molecule has 0 amide bonds. The number of nitrogens with zero attached hydrogens (tertiary/aromatic N) is 5. The summed E-state index contributed by atoms with van der Waals surface area (Å²) in [4.78, 5) is 13.4. The fraction of sp³-hybridized carbons (Fsp3) is 0.412. The van der Waals surface area contributed by atoms with Gasteiger partial charge in [-0.3, -0.25) is 4.98 Å². The van der Waals surface area contributed by atoms with E-state index in [0.717, 1.165) is 42.1 Å². The van der Waals surface area contributed by atoms with E-state index in [2.05, 4.69) is 25.7 Å². The largest absolute Gasteiger partial charge is 0.477 e. The van der Waals surface area contributed by atoms with Crippen LogP contribution in [0.25, 0.3) is 16.8 Å². The van der Waals surface area contributed by atoms with Crippen molar-refractivity contribution in [3.63, 3.8) is 0 Å².